The lowest BCUT2D eigenvalue weighted by atomic mass is 10.0. The molecule has 0 aliphatic heterocycles. The van der Waals surface area contributed by atoms with Gasteiger partial charge in [0.1, 0.15) is 5.75 Å². The number of aromatic nitrogens is 1. The maximum atomic E-state index is 11.0. The Labute approximate surface area is 168 Å². The lowest BCUT2D eigenvalue weighted by molar-refractivity contribution is 0.481. The Morgan fingerprint density at radius 2 is 1.63 bits per heavy atom. The van der Waals surface area contributed by atoms with Crippen LogP contribution < -0.4 is 0 Å². The lowest BCUT2D eigenvalue weighted by Crippen LogP contribution is -2.03. The Balaban J connectivity index is 1.89. The molecule has 0 bridgehead atoms. The second-order valence-electron chi connectivity index (χ2n) is 7.17. The van der Waals surface area contributed by atoms with Gasteiger partial charge in [-0.15, -0.1) is 0 Å². The molecule has 2 nitrogen and oxygen atoms in total. The zero-order valence-electron chi connectivity index (χ0n) is 15.5. The molecule has 0 amide bonds. The minimum Gasteiger partial charge on any atom is -0.505 e. The fourth-order valence-electron chi connectivity index (χ4n) is 3.56. The molecule has 3 aromatic carbocycles. The first kappa shape index (κ1) is 17.9. The maximum absolute atomic E-state index is 11.0. The van der Waals surface area contributed by atoms with Crippen LogP contribution in [0.4, 0.5) is 0 Å². The van der Waals surface area contributed by atoms with Crippen LogP contribution in [0.5, 0.6) is 5.75 Å². The standard InChI is InChI=1S/C24H22BrNO/c1-16(2)18-12-13-19(21(25)14-18)15-26-22-11-7-6-10-20(22)24(27)23(26)17-8-4-3-5-9-17/h3-14,16,27H,15H2,1-2H3. The summed E-state index contributed by atoms with van der Waals surface area (Å²) in [6.45, 7) is 5.09. The number of aromatic hydroxyl groups is 1. The van der Waals surface area contributed by atoms with Crippen molar-refractivity contribution < 1.29 is 5.11 Å². The molecular weight excluding hydrogens is 398 g/mol. The van der Waals surface area contributed by atoms with Gasteiger partial charge in [0.25, 0.3) is 0 Å². The molecular formula is C24H22BrNO. The smallest absolute Gasteiger partial charge is 0.149 e. The average molecular weight is 420 g/mol. The van der Waals surface area contributed by atoms with Gasteiger partial charge < -0.3 is 9.67 Å². The molecule has 0 saturated heterocycles. The summed E-state index contributed by atoms with van der Waals surface area (Å²) in [6.07, 6.45) is 0. The van der Waals surface area contributed by atoms with E-state index in [-0.39, 0.29) is 0 Å². The van der Waals surface area contributed by atoms with E-state index in [4.69, 9.17) is 0 Å². The highest BCUT2D eigenvalue weighted by molar-refractivity contribution is 9.10. The highest BCUT2D eigenvalue weighted by Gasteiger charge is 2.18. The number of para-hydroxylation sites is 1. The topological polar surface area (TPSA) is 25.2 Å². The molecule has 4 aromatic rings. The Kier molecular flexibility index (Phi) is 4.79. The fourth-order valence-corrected chi connectivity index (χ4v) is 4.08. The van der Waals surface area contributed by atoms with Crippen LogP contribution in [0.3, 0.4) is 0 Å². The zero-order chi connectivity index (χ0) is 19.0. The molecule has 0 aliphatic rings. The summed E-state index contributed by atoms with van der Waals surface area (Å²) >= 11 is 3.75. The second kappa shape index (κ2) is 7.24. The van der Waals surface area contributed by atoms with E-state index >= 15 is 0 Å². The van der Waals surface area contributed by atoms with Crippen molar-refractivity contribution in [3.8, 4) is 17.0 Å². The third-order valence-corrected chi connectivity index (χ3v) is 5.80. The molecule has 0 aliphatic carbocycles. The van der Waals surface area contributed by atoms with E-state index in [1.807, 2.05) is 48.5 Å². The SMILES string of the molecule is CC(C)c1ccc(Cn2c(-c3ccccc3)c(O)c3ccccc32)c(Br)c1. The van der Waals surface area contributed by atoms with Crippen LogP contribution in [0.2, 0.25) is 0 Å². The normalized spacial score (nSPS) is 11.4. The first-order valence-corrected chi connectivity index (χ1v) is 9.99. The van der Waals surface area contributed by atoms with Crippen LogP contribution in [0, 0.1) is 0 Å². The van der Waals surface area contributed by atoms with E-state index in [2.05, 4.69) is 58.6 Å². The summed E-state index contributed by atoms with van der Waals surface area (Å²) < 4.78 is 3.31. The molecule has 0 unspecified atom stereocenters. The average Bonchev–Trinajstić information content (AvgIpc) is 2.96. The Morgan fingerprint density at radius 1 is 0.926 bits per heavy atom. The molecule has 27 heavy (non-hydrogen) atoms. The lowest BCUT2D eigenvalue weighted by Gasteiger charge is -2.14. The van der Waals surface area contributed by atoms with E-state index in [1.54, 1.807) is 0 Å². The van der Waals surface area contributed by atoms with E-state index in [0.717, 1.165) is 26.6 Å². The van der Waals surface area contributed by atoms with Crippen molar-refractivity contribution in [1.29, 1.82) is 0 Å². The molecule has 1 heterocycles. The predicted octanol–water partition coefficient (Wildman–Crippen LogP) is 6.95. The summed E-state index contributed by atoms with van der Waals surface area (Å²) in [5.74, 6) is 0.832. The van der Waals surface area contributed by atoms with Crippen LogP contribution in [0.1, 0.15) is 30.9 Å². The van der Waals surface area contributed by atoms with E-state index < -0.39 is 0 Å². The second-order valence-corrected chi connectivity index (χ2v) is 8.03. The van der Waals surface area contributed by atoms with Crippen LogP contribution in [-0.2, 0) is 6.54 Å². The van der Waals surface area contributed by atoms with Gasteiger partial charge in [0, 0.05) is 22.0 Å². The Morgan fingerprint density at radius 3 is 2.33 bits per heavy atom. The molecule has 0 atom stereocenters. The minimum absolute atomic E-state index is 0.340. The van der Waals surface area contributed by atoms with Crippen molar-refractivity contribution >= 4 is 26.8 Å². The molecule has 3 heteroatoms. The van der Waals surface area contributed by atoms with Crippen LogP contribution >= 0.6 is 15.9 Å². The Bertz CT molecular complexity index is 1100. The Hall–Kier alpha value is -2.52. The first-order chi connectivity index (χ1) is 13.1. The third kappa shape index (κ3) is 3.28. The molecule has 1 aromatic heterocycles. The van der Waals surface area contributed by atoms with Gasteiger partial charge in [-0.05, 0) is 35.2 Å². The zero-order valence-corrected chi connectivity index (χ0v) is 17.1. The monoisotopic (exact) mass is 419 g/mol. The molecule has 0 saturated carbocycles. The number of fused-ring (bicyclic) bond motifs is 1. The van der Waals surface area contributed by atoms with Gasteiger partial charge in [0.05, 0.1) is 11.2 Å². The van der Waals surface area contributed by atoms with Gasteiger partial charge in [-0.1, -0.05) is 84.4 Å². The highest BCUT2D eigenvalue weighted by Crippen LogP contribution is 2.40. The summed E-state index contributed by atoms with van der Waals surface area (Å²) in [4.78, 5) is 0. The van der Waals surface area contributed by atoms with Gasteiger partial charge in [0.2, 0.25) is 0 Å². The quantitative estimate of drug-likeness (QED) is 0.380. The van der Waals surface area contributed by atoms with E-state index in [0.29, 0.717) is 18.2 Å². The van der Waals surface area contributed by atoms with Crippen molar-refractivity contribution in [2.75, 3.05) is 0 Å². The van der Waals surface area contributed by atoms with E-state index in [9.17, 15) is 5.11 Å². The minimum atomic E-state index is 0.340. The third-order valence-electron chi connectivity index (χ3n) is 5.06. The van der Waals surface area contributed by atoms with Gasteiger partial charge in [-0.2, -0.15) is 0 Å². The van der Waals surface area contributed by atoms with Crippen LogP contribution in [0.15, 0.2) is 77.3 Å². The highest BCUT2D eigenvalue weighted by atomic mass is 79.9. The number of rotatable bonds is 4. The molecule has 4 rings (SSSR count). The number of hydrogen-bond acceptors (Lipinski definition) is 1. The number of benzene rings is 3. The summed E-state index contributed by atoms with van der Waals surface area (Å²) in [7, 11) is 0. The van der Waals surface area contributed by atoms with Gasteiger partial charge in [-0.3, -0.25) is 0 Å². The van der Waals surface area contributed by atoms with E-state index in [1.165, 1.54) is 11.1 Å². The molecule has 136 valence electrons. The van der Waals surface area contributed by atoms with Crippen molar-refractivity contribution in [3.63, 3.8) is 0 Å². The maximum Gasteiger partial charge on any atom is 0.149 e. The number of halogens is 1. The molecule has 0 spiro atoms. The van der Waals surface area contributed by atoms with Crippen LogP contribution in [0.25, 0.3) is 22.2 Å². The van der Waals surface area contributed by atoms with Gasteiger partial charge >= 0.3 is 0 Å². The van der Waals surface area contributed by atoms with Gasteiger partial charge in [0.15, 0.2) is 0 Å². The van der Waals surface area contributed by atoms with Crippen molar-refractivity contribution in [2.45, 2.75) is 26.3 Å². The predicted molar refractivity (Wildman–Crippen MR) is 116 cm³/mol. The molecule has 1 N–H and O–H groups in total. The number of hydrogen-bond donors (Lipinski definition) is 1. The fraction of sp³-hybridized carbons (Fsp3) is 0.167. The summed E-state index contributed by atoms with van der Waals surface area (Å²) in [5, 5.41) is 11.8. The van der Waals surface area contributed by atoms with Crippen molar-refractivity contribution in [3.05, 3.63) is 88.4 Å². The van der Waals surface area contributed by atoms with Gasteiger partial charge in [-0.25, -0.2) is 0 Å². The first-order valence-electron chi connectivity index (χ1n) is 9.20. The summed E-state index contributed by atoms with van der Waals surface area (Å²) in [5.41, 5.74) is 5.41. The van der Waals surface area contributed by atoms with Crippen molar-refractivity contribution in [1.82, 2.24) is 4.57 Å². The van der Waals surface area contributed by atoms with Crippen molar-refractivity contribution in [2.24, 2.45) is 0 Å². The molecule has 0 radical (unpaired) electrons. The summed E-state index contributed by atoms with van der Waals surface area (Å²) in [6, 6.07) is 24.7. The van der Waals surface area contributed by atoms with Crippen LogP contribution in [-0.4, -0.2) is 9.67 Å². The largest absolute Gasteiger partial charge is 0.505 e. The molecule has 0 fully saturated rings. The number of nitrogens with zero attached hydrogens (tertiary/aromatic N) is 1.